The molecule has 0 saturated heterocycles. The highest BCUT2D eigenvalue weighted by Crippen LogP contribution is 2.25. The van der Waals surface area contributed by atoms with Crippen LogP contribution in [-0.2, 0) is 9.59 Å². The molecule has 0 radical (unpaired) electrons. The lowest BCUT2D eigenvalue weighted by atomic mass is 10.2. The van der Waals surface area contributed by atoms with Gasteiger partial charge in [-0.05, 0) is 12.1 Å². The average molecular weight is 194 g/mol. The number of nitrogens with zero attached hydrogens (tertiary/aromatic N) is 1. The van der Waals surface area contributed by atoms with E-state index in [0.29, 0.717) is 5.69 Å². The number of carbonyl (C=O) groups excluding carboxylic acids is 1. The fraction of sp³-hybridized carbons (Fsp3) is 0.125. The number of aliphatic carboxylic acids is 1. The molecule has 6 heteroatoms. The molecule has 1 aromatic heterocycles. The maximum absolute atomic E-state index is 11.2. The molecule has 0 spiro atoms. The molecule has 1 aliphatic rings. The van der Waals surface area contributed by atoms with E-state index in [4.69, 9.17) is 9.84 Å². The number of aromatic nitrogens is 1. The molecule has 0 bridgehead atoms. The number of amides is 1. The summed E-state index contributed by atoms with van der Waals surface area (Å²) in [6.45, 7) is 0. The van der Waals surface area contributed by atoms with Crippen LogP contribution in [0.5, 0.6) is 5.88 Å². The summed E-state index contributed by atoms with van der Waals surface area (Å²) in [6.07, 6.45) is -0.0627. The van der Waals surface area contributed by atoms with Gasteiger partial charge >= 0.3 is 5.97 Å². The average Bonchev–Trinajstić information content (AvgIpc) is 2.16. The minimum absolute atomic E-state index is 0.125. The molecule has 2 heterocycles. The van der Waals surface area contributed by atoms with Gasteiger partial charge in [-0.25, -0.2) is 9.78 Å². The van der Waals surface area contributed by atoms with Crippen molar-refractivity contribution in [1.82, 2.24) is 4.98 Å². The lowest BCUT2D eigenvalue weighted by Gasteiger charge is -2.21. The van der Waals surface area contributed by atoms with Gasteiger partial charge in [-0.15, -0.1) is 0 Å². The summed E-state index contributed by atoms with van der Waals surface area (Å²) in [7, 11) is 0. The molecular weight excluding hydrogens is 188 g/mol. The Kier molecular flexibility index (Phi) is 1.81. The Hall–Kier alpha value is -2.11. The first kappa shape index (κ1) is 8.49. The highest BCUT2D eigenvalue weighted by atomic mass is 16.5. The van der Waals surface area contributed by atoms with E-state index in [0.717, 1.165) is 0 Å². The number of anilines is 1. The predicted molar refractivity (Wildman–Crippen MR) is 44.9 cm³/mol. The summed E-state index contributed by atoms with van der Waals surface area (Å²) in [5.41, 5.74) is 0.384. The Morgan fingerprint density at radius 1 is 1.64 bits per heavy atom. The molecule has 1 atom stereocenters. The number of hydrogen-bond acceptors (Lipinski definition) is 4. The van der Waals surface area contributed by atoms with Crippen LogP contribution in [0, 0.1) is 0 Å². The minimum Gasteiger partial charge on any atom is -0.478 e. The standard InChI is InChI=1S/C8H6N2O4/c11-6-5(8(12)13)14-7-4(10-6)2-1-3-9-7/h1-3,5H,(H,10,11)(H,12,13). The topological polar surface area (TPSA) is 88.5 Å². The molecule has 72 valence electrons. The maximum atomic E-state index is 11.2. The summed E-state index contributed by atoms with van der Waals surface area (Å²) in [6, 6.07) is 3.20. The molecule has 6 nitrogen and oxygen atoms in total. The summed E-state index contributed by atoms with van der Waals surface area (Å²) < 4.78 is 4.88. The van der Waals surface area contributed by atoms with Crippen LogP contribution in [0.25, 0.3) is 0 Å². The number of pyridine rings is 1. The van der Waals surface area contributed by atoms with E-state index in [1.807, 2.05) is 0 Å². The summed E-state index contributed by atoms with van der Waals surface area (Å²) in [5, 5.41) is 11.0. The summed E-state index contributed by atoms with van der Waals surface area (Å²) >= 11 is 0. The number of hydrogen-bond donors (Lipinski definition) is 2. The fourth-order valence-corrected chi connectivity index (χ4v) is 1.11. The van der Waals surface area contributed by atoms with Crippen molar-refractivity contribution in [3.8, 4) is 5.88 Å². The lowest BCUT2D eigenvalue weighted by Crippen LogP contribution is -2.43. The first-order valence-electron chi connectivity index (χ1n) is 3.84. The van der Waals surface area contributed by atoms with Crippen molar-refractivity contribution >= 4 is 17.6 Å². The number of ether oxygens (including phenoxy) is 1. The van der Waals surface area contributed by atoms with Crippen LogP contribution in [0.15, 0.2) is 18.3 Å². The van der Waals surface area contributed by atoms with Gasteiger partial charge in [-0.2, -0.15) is 0 Å². The third-order valence-electron chi connectivity index (χ3n) is 1.72. The molecule has 0 fully saturated rings. The van der Waals surface area contributed by atoms with Crippen molar-refractivity contribution in [3.63, 3.8) is 0 Å². The van der Waals surface area contributed by atoms with Crippen LogP contribution < -0.4 is 10.1 Å². The zero-order valence-corrected chi connectivity index (χ0v) is 6.93. The van der Waals surface area contributed by atoms with Crippen LogP contribution in [0.4, 0.5) is 5.69 Å². The molecular formula is C8H6N2O4. The highest BCUT2D eigenvalue weighted by molar-refractivity contribution is 6.08. The number of fused-ring (bicyclic) bond motifs is 1. The Morgan fingerprint density at radius 3 is 3.14 bits per heavy atom. The number of carboxylic acids is 1. The zero-order valence-electron chi connectivity index (χ0n) is 6.93. The second-order valence-electron chi connectivity index (χ2n) is 2.68. The number of nitrogens with one attached hydrogen (secondary N) is 1. The van der Waals surface area contributed by atoms with E-state index in [2.05, 4.69) is 10.3 Å². The van der Waals surface area contributed by atoms with Gasteiger partial charge in [-0.3, -0.25) is 4.79 Å². The second-order valence-corrected chi connectivity index (χ2v) is 2.68. The zero-order chi connectivity index (χ0) is 10.1. The van der Waals surface area contributed by atoms with Crippen molar-refractivity contribution in [1.29, 1.82) is 0 Å². The lowest BCUT2D eigenvalue weighted by molar-refractivity contribution is -0.150. The van der Waals surface area contributed by atoms with E-state index in [1.54, 1.807) is 12.1 Å². The smallest absolute Gasteiger partial charge is 0.355 e. The van der Waals surface area contributed by atoms with E-state index < -0.39 is 18.0 Å². The molecule has 1 aromatic rings. The van der Waals surface area contributed by atoms with Gasteiger partial charge in [0, 0.05) is 6.20 Å². The monoisotopic (exact) mass is 194 g/mol. The van der Waals surface area contributed by atoms with Gasteiger partial charge in [-0.1, -0.05) is 0 Å². The molecule has 0 aromatic carbocycles. The van der Waals surface area contributed by atoms with Crippen molar-refractivity contribution in [2.45, 2.75) is 6.10 Å². The van der Waals surface area contributed by atoms with Crippen LogP contribution in [0.1, 0.15) is 0 Å². The predicted octanol–water partition coefficient (Wildman–Crippen LogP) is -0.134. The Bertz CT molecular complexity index is 404. The van der Waals surface area contributed by atoms with Gasteiger partial charge in [0.05, 0.1) is 0 Å². The number of carbonyl (C=O) groups is 2. The third kappa shape index (κ3) is 1.26. The van der Waals surface area contributed by atoms with Crippen molar-refractivity contribution in [2.75, 3.05) is 5.32 Å². The van der Waals surface area contributed by atoms with Crippen molar-refractivity contribution < 1.29 is 19.4 Å². The molecule has 0 aliphatic carbocycles. The van der Waals surface area contributed by atoms with Gasteiger partial charge in [0.25, 0.3) is 12.0 Å². The molecule has 2 N–H and O–H groups in total. The molecule has 0 saturated carbocycles. The van der Waals surface area contributed by atoms with Crippen LogP contribution in [-0.4, -0.2) is 28.1 Å². The molecule has 2 rings (SSSR count). The van der Waals surface area contributed by atoms with E-state index in [9.17, 15) is 9.59 Å². The Morgan fingerprint density at radius 2 is 2.43 bits per heavy atom. The Labute approximate surface area is 78.5 Å². The quantitative estimate of drug-likeness (QED) is 0.607. The third-order valence-corrected chi connectivity index (χ3v) is 1.72. The molecule has 1 unspecified atom stereocenters. The SMILES string of the molecule is O=C(O)C1Oc2ncccc2NC1=O. The number of carboxylic acid groups (broad SMARTS) is 1. The minimum atomic E-state index is -1.52. The van der Waals surface area contributed by atoms with Crippen molar-refractivity contribution in [3.05, 3.63) is 18.3 Å². The summed E-state index contributed by atoms with van der Waals surface area (Å²) in [4.78, 5) is 25.5. The van der Waals surface area contributed by atoms with Gasteiger partial charge in [0.15, 0.2) is 0 Å². The van der Waals surface area contributed by atoms with Gasteiger partial charge in [0.1, 0.15) is 5.69 Å². The van der Waals surface area contributed by atoms with Gasteiger partial charge in [0.2, 0.25) is 5.88 Å². The van der Waals surface area contributed by atoms with E-state index in [-0.39, 0.29) is 5.88 Å². The number of rotatable bonds is 1. The second kappa shape index (κ2) is 2.99. The maximum Gasteiger partial charge on any atom is 0.355 e. The molecule has 1 amide bonds. The molecule has 14 heavy (non-hydrogen) atoms. The molecule has 1 aliphatic heterocycles. The highest BCUT2D eigenvalue weighted by Gasteiger charge is 2.34. The van der Waals surface area contributed by atoms with Crippen molar-refractivity contribution in [2.24, 2.45) is 0 Å². The van der Waals surface area contributed by atoms with E-state index >= 15 is 0 Å². The normalized spacial score (nSPS) is 19.1. The van der Waals surface area contributed by atoms with Crippen LogP contribution in [0.3, 0.4) is 0 Å². The van der Waals surface area contributed by atoms with E-state index in [1.165, 1.54) is 6.20 Å². The Balaban J connectivity index is 2.36. The fourth-order valence-electron chi connectivity index (χ4n) is 1.11. The van der Waals surface area contributed by atoms with Crippen LogP contribution >= 0.6 is 0 Å². The van der Waals surface area contributed by atoms with Crippen LogP contribution in [0.2, 0.25) is 0 Å². The largest absolute Gasteiger partial charge is 0.478 e. The van der Waals surface area contributed by atoms with Gasteiger partial charge < -0.3 is 15.2 Å². The summed E-state index contributed by atoms with van der Waals surface area (Å²) in [5.74, 6) is -1.91. The first-order valence-corrected chi connectivity index (χ1v) is 3.84. The first-order chi connectivity index (χ1) is 6.68.